The van der Waals surface area contributed by atoms with Crippen LogP contribution in [0.25, 0.3) is 0 Å². The second kappa shape index (κ2) is 5.56. The number of amides is 1. The number of rotatable bonds is 5. The minimum atomic E-state index is 0.0449. The molecule has 1 atom stereocenters. The standard InChI is InChI=1S/C11H19N3O/c1-3-9(2)13-11(15)8-14-5-4-10(6-12)7-14/h4-5,7,9H,3,6,8,12H2,1-2H3,(H,13,15). The minimum absolute atomic E-state index is 0.0449. The van der Waals surface area contributed by atoms with Crippen LogP contribution >= 0.6 is 0 Å². The van der Waals surface area contributed by atoms with E-state index < -0.39 is 0 Å². The van der Waals surface area contributed by atoms with Gasteiger partial charge < -0.3 is 15.6 Å². The molecule has 1 amide bonds. The molecule has 15 heavy (non-hydrogen) atoms. The van der Waals surface area contributed by atoms with Crippen molar-refractivity contribution in [3.05, 3.63) is 24.0 Å². The van der Waals surface area contributed by atoms with E-state index in [1.807, 2.05) is 36.9 Å². The number of carbonyl (C=O) groups excluding carboxylic acids is 1. The summed E-state index contributed by atoms with van der Waals surface area (Å²) in [5, 5.41) is 2.91. The van der Waals surface area contributed by atoms with Gasteiger partial charge in [0.1, 0.15) is 6.54 Å². The molecule has 1 unspecified atom stereocenters. The number of hydrogen-bond donors (Lipinski definition) is 2. The van der Waals surface area contributed by atoms with Crippen LogP contribution in [0.2, 0.25) is 0 Å². The fourth-order valence-electron chi connectivity index (χ4n) is 1.30. The third-order valence-corrected chi connectivity index (χ3v) is 2.39. The number of nitrogens with one attached hydrogen (secondary N) is 1. The molecule has 1 heterocycles. The van der Waals surface area contributed by atoms with Crippen LogP contribution in [0.1, 0.15) is 25.8 Å². The highest BCUT2D eigenvalue weighted by atomic mass is 16.2. The second-order valence-corrected chi connectivity index (χ2v) is 3.77. The molecule has 0 saturated carbocycles. The largest absolute Gasteiger partial charge is 0.352 e. The number of nitrogens with zero attached hydrogens (tertiary/aromatic N) is 1. The molecule has 0 saturated heterocycles. The fraction of sp³-hybridized carbons (Fsp3) is 0.545. The number of aromatic nitrogens is 1. The Morgan fingerprint density at radius 3 is 2.93 bits per heavy atom. The van der Waals surface area contributed by atoms with Gasteiger partial charge in [0.2, 0.25) is 5.91 Å². The molecule has 0 aliphatic carbocycles. The maximum atomic E-state index is 11.5. The van der Waals surface area contributed by atoms with Gasteiger partial charge in [0.05, 0.1) is 0 Å². The van der Waals surface area contributed by atoms with Crippen molar-refractivity contribution in [2.75, 3.05) is 0 Å². The van der Waals surface area contributed by atoms with Crippen LogP contribution in [-0.2, 0) is 17.9 Å². The summed E-state index contributed by atoms with van der Waals surface area (Å²) in [5.74, 6) is 0.0449. The Morgan fingerprint density at radius 2 is 2.40 bits per heavy atom. The zero-order valence-electron chi connectivity index (χ0n) is 9.36. The first kappa shape index (κ1) is 11.8. The molecule has 0 radical (unpaired) electrons. The Hall–Kier alpha value is -1.29. The fourth-order valence-corrected chi connectivity index (χ4v) is 1.30. The van der Waals surface area contributed by atoms with Crippen LogP contribution in [-0.4, -0.2) is 16.5 Å². The lowest BCUT2D eigenvalue weighted by molar-refractivity contribution is -0.122. The molecule has 0 bridgehead atoms. The van der Waals surface area contributed by atoms with Crippen LogP contribution < -0.4 is 11.1 Å². The summed E-state index contributed by atoms with van der Waals surface area (Å²) < 4.78 is 1.85. The molecule has 4 nitrogen and oxygen atoms in total. The molecule has 4 heteroatoms. The second-order valence-electron chi connectivity index (χ2n) is 3.77. The number of nitrogens with two attached hydrogens (primary N) is 1. The zero-order chi connectivity index (χ0) is 11.3. The molecular weight excluding hydrogens is 190 g/mol. The molecule has 3 N–H and O–H groups in total. The van der Waals surface area contributed by atoms with Gasteiger partial charge in [0.15, 0.2) is 0 Å². The summed E-state index contributed by atoms with van der Waals surface area (Å²) in [6, 6.07) is 2.17. The van der Waals surface area contributed by atoms with Gasteiger partial charge in [0.25, 0.3) is 0 Å². The van der Waals surface area contributed by atoms with E-state index in [2.05, 4.69) is 5.32 Å². The van der Waals surface area contributed by atoms with Crippen molar-refractivity contribution in [2.24, 2.45) is 5.73 Å². The van der Waals surface area contributed by atoms with Crippen LogP contribution in [0, 0.1) is 0 Å². The average Bonchev–Trinajstić information content (AvgIpc) is 2.65. The first-order chi connectivity index (χ1) is 7.15. The molecule has 0 aliphatic rings. The van der Waals surface area contributed by atoms with E-state index in [4.69, 9.17) is 5.73 Å². The normalized spacial score (nSPS) is 12.5. The highest BCUT2D eigenvalue weighted by Gasteiger charge is 2.05. The molecule has 1 rings (SSSR count). The summed E-state index contributed by atoms with van der Waals surface area (Å²) >= 11 is 0. The van der Waals surface area contributed by atoms with Crippen molar-refractivity contribution in [1.82, 2.24) is 9.88 Å². The lowest BCUT2D eigenvalue weighted by Crippen LogP contribution is -2.34. The van der Waals surface area contributed by atoms with Gasteiger partial charge >= 0.3 is 0 Å². The van der Waals surface area contributed by atoms with Crippen molar-refractivity contribution < 1.29 is 4.79 Å². The Kier molecular flexibility index (Phi) is 4.37. The van der Waals surface area contributed by atoms with Gasteiger partial charge in [-0.3, -0.25) is 4.79 Å². The van der Waals surface area contributed by atoms with Crippen molar-refractivity contribution in [3.63, 3.8) is 0 Å². The van der Waals surface area contributed by atoms with E-state index in [9.17, 15) is 4.79 Å². The number of hydrogen-bond acceptors (Lipinski definition) is 2. The predicted molar refractivity (Wildman–Crippen MR) is 60.2 cm³/mol. The lowest BCUT2D eigenvalue weighted by atomic mass is 10.2. The third kappa shape index (κ3) is 3.75. The van der Waals surface area contributed by atoms with Gasteiger partial charge in [0, 0.05) is 25.0 Å². The van der Waals surface area contributed by atoms with Crippen molar-refractivity contribution in [2.45, 2.75) is 39.4 Å². The molecule has 0 aliphatic heterocycles. The van der Waals surface area contributed by atoms with E-state index in [0.29, 0.717) is 13.1 Å². The highest BCUT2D eigenvalue weighted by molar-refractivity contribution is 5.76. The summed E-state index contributed by atoms with van der Waals surface area (Å²) in [4.78, 5) is 11.5. The minimum Gasteiger partial charge on any atom is -0.352 e. The maximum Gasteiger partial charge on any atom is 0.240 e. The first-order valence-electron chi connectivity index (χ1n) is 5.29. The topological polar surface area (TPSA) is 60.0 Å². The Morgan fingerprint density at radius 1 is 1.67 bits per heavy atom. The summed E-state index contributed by atoms with van der Waals surface area (Å²) in [5.41, 5.74) is 6.53. The third-order valence-electron chi connectivity index (χ3n) is 2.39. The van der Waals surface area contributed by atoms with E-state index >= 15 is 0 Å². The van der Waals surface area contributed by atoms with Crippen molar-refractivity contribution in [1.29, 1.82) is 0 Å². The van der Waals surface area contributed by atoms with E-state index in [-0.39, 0.29) is 11.9 Å². The molecule has 0 spiro atoms. The smallest absolute Gasteiger partial charge is 0.240 e. The van der Waals surface area contributed by atoms with Gasteiger partial charge in [-0.05, 0) is 25.0 Å². The van der Waals surface area contributed by atoms with Crippen LogP contribution in [0.3, 0.4) is 0 Å². The maximum absolute atomic E-state index is 11.5. The summed E-state index contributed by atoms with van der Waals surface area (Å²) in [6.07, 6.45) is 4.72. The molecule has 0 fully saturated rings. The average molecular weight is 209 g/mol. The first-order valence-corrected chi connectivity index (χ1v) is 5.29. The molecular formula is C11H19N3O. The zero-order valence-corrected chi connectivity index (χ0v) is 9.36. The monoisotopic (exact) mass is 209 g/mol. The lowest BCUT2D eigenvalue weighted by Gasteiger charge is -2.11. The predicted octanol–water partition coefficient (Wildman–Crippen LogP) is 0.861. The van der Waals surface area contributed by atoms with Gasteiger partial charge in [-0.15, -0.1) is 0 Å². The van der Waals surface area contributed by atoms with Gasteiger partial charge in [-0.2, -0.15) is 0 Å². The SMILES string of the molecule is CCC(C)NC(=O)Cn1ccc(CN)c1. The van der Waals surface area contributed by atoms with E-state index in [1.165, 1.54) is 0 Å². The summed E-state index contributed by atoms with van der Waals surface area (Å²) in [6.45, 7) is 4.93. The molecule has 1 aromatic rings. The molecule has 0 aromatic carbocycles. The van der Waals surface area contributed by atoms with Crippen molar-refractivity contribution >= 4 is 5.91 Å². The van der Waals surface area contributed by atoms with E-state index in [1.54, 1.807) is 0 Å². The van der Waals surface area contributed by atoms with E-state index in [0.717, 1.165) is 12.0 Å². The molecule has 84 valence electrons. The highest BCUT2D eigenvalue weighted by Crippen LogP contribution is 1.99. The quantitative estimate of drug-likeness (QED) is 0.755. The Bertz CT molecular complexity index is 319. The van der Waals surface area contributed by atoms with Gasteiger partial charge in [-0.25, -0.2) is 0 Å². The Labute approximate surface area is 90.5 Å². The van der Waals surface area contributed by atoms with Crippen LogP contribution in [0.4, 0.5) is 0 Å². The Balaban J connectivity index is 2.44. The summed E-state index contributed by atoms with van der Waals surface area (Å²) in [7, 11) is 0. The van der Waals surface area contributed by atoms with Crippen molar-refractivity contribution in [3.8, 4) is 0 Å². The van der Waals surface area contributed by atoms with Crippen LogP contribution in [0.5, 0.6) is 0 Å². The van der Waals surface area contributed by atoms with Gasteiger partial charge in [-0.1, -0.05) is 6.92 Å². The van der Waals surface area contributed by atoms with Crippen LogP contribution in [0.15, 0.2) is 18.5 Å². The number of carbonyl (C=O) groups is 1. The molecule has 1 aromatic heterocycles.